The van der Waals surface area contributed by atoms with Crippen LogP contribution < -0.4 is 47.4 Å². The van der Waals surface area contributed by atoms with Crippen LogP contribution in [0.25, 0.3) is 0 Å². The molecule has 12 aromatic carbocycles. The molecule has 0 saturated carbocycles. The summed E-state index contributed by atoms with van der Waals surface area (Å²) in [5.41, 5.74) is 10.3. The van der Waals surface area contributed by atoms with E-state index in [-0.39, 0.29) is 52.7 Å². The largest absolute Gasteiger partial charge is 0.489 e. The molecule has 0 bridgehead atoms. The highest BCUT2D eigenvalue weighted by Crippen LogP contribution is 2.58. The zero-order valence-corrected chi connectivity index (χ0v) is 54.0. The minimum Gasteiger partial charge on any atom is -0.489 e. The van der Waals surface area contributed by atoms with Gasteiger partial charge in [-0.15, -0.1) is 0 Å². The molecule has 12 heteroatoms. The van der Waals surface area contributed by atoms with E-state index in [1.165, 1.54) is 0 Å². The summed E-state index contributed by atoms with van der Waals surface area (Å²) in [4.78, 5) is 0. The monoisotopic (exact) mass is 1300 g/mol. The number of aliphatic hydroxyl groups excluding tert-OH is 2. The first-order valence-corrected chi connectivity index (χ1v) is 33.1. The number of aliphatic hydroxyl groups is 2. The van der Waals surface area contributed by atoms with Crippen LogP contribution in [0.2, 0.25) is 0 Å². The van der Waals surface area contributed by atoms with Crippen molar-refractivity contribution in [2.24, 2.45) is 0 Å². The number of hydrogen-bond acceptors (Lipinski definition) is 12. The third-order valence-corrected chi connectivity index (χ3v) is 17.5. The van der Waals surface area contributed by atoms with E-state index in [9.17, 15) is 10.2 Å². The smallest absolute Gasteiger partial charge is 0.162 e. The van der Waals surface area contributed by atoms with Gasteiger partial charge in [-0.3, -0.25) is 0 Å². The van der Waals surface area contributed by atoms with Crippen molar-refractivity contribution in [3.05, 3.63) is 370 Å². The van der Waals surface area contributed by atoms with Crippen LogP contribution in [0.5, 0.6) is 57.5 Å². The summed E-state index contributed by atoms with van der Waals surface area (Å²) in [5, 5.41) is 27.0. The van der Waals surface area contributed by atoms with Crippen LogP contribution in [0.1, 0.15) is 90.5 Å². The third kappa shape index (κ3) is 15.6. The molecule has 0 fully saturated rings. The van der Waals surface area contributed by atoms with E-state index in [4.69, 9.17) is 47.4 Å². The molecule has 12 aromatic rings. The maximum Gasteiger partial charge on any atom is 0.162 e. The average molecular weight is 1300 g/mol. The highest BCUT2D eigenvalue weighted by molar-refractivity contribution is 5.67. The van der Waals surface area contributed by atoms with Crippen molar-refractivity contribution in [2.75, 3.05) is 0 Å². The Morgan fingerprint density at radius 2 is 0.612 bits per heavy atom. The Labute approximate surface area is 571 Å². The number of hydrogen-bond donors (Lipinski definition) is 2. The second-order valence-corrected chi connectivity index (χ2v) is 24.4. The molecule has 2 N–H and O–H groups in total. The zero-order valence-electron chi connectivity index (χ0n) is 54.0. The van der Waals surface area contributed by atoms with Crippen LogP contribution in [0.3, 0.4) is 0 Å². The minimum atomic E-state index is -1.43. The molecular formula is C86H74O12. The van der Waals surface area contributed by atoms with E-state index >= 15 is 0 Å². The van der Waals surface area contributed by atoms with Gasteiger partial charge in [0.15, 0.2) is 29.1 Å². The predicted molar refractivity (Wildman–Crippen MR) is 376 cm³/mol. The summed E-state index contributed by atoms with van der Waals surface area (Å²) in [6.07, 6.45) is -4.62. The van der Waals surface area contributed by atoms with E-state index in [1.807, 2.05) is 297 Å². The van der Waals surface area contributed by atoms with Crippen LogP contribution in [0, 0.1) is 0 Å². The van der Waals surface area contributed by atoms with Gasteiger partial charge in [0.2, 0.25) is 0 Å². The molecule has 0 spiro atoms. The Morgan fingerprint density at radius 3 is 1.00 bits per heavy atom. The van der Waals surface area contributed by atoms with Crippen LogP contribution >= 0.6 is 0 Å². The summed E-state index contributed by atoms with van der Waals surface area (Å²) >= 11 is 0. The predicted octanol–water partition coefficient (Wildman–Crippen LogP) is 18.0. The number of benzene rings is 12. The van der Waals surface area contributed by atoms with Gasteiger partial charge in [0.1, 0.15) is 99.6 Å². The quantitative estimate of drug-likeness (QED) is 0.0508. The zero-order chi connectivity index (χ0) is 66.2. The van der Waals surface area contributed by atoms with Crippen molar-refractivity contribution in [3.8, 4) is 57.5 Å². The normalized spacial score (nSPS) is 16.0. The van der Waals surface area contributed by atoms with Crippen molar-refractivity contribution in [2.45, 2.75) is 89.6 Å². The lowest BCUT2D eigenvalue weighted by atomic mass is 9.77. The first-order valence-electron chi connectivity index (χ1n) is 33.1. The van der Waals surface area contributed by atoms with Gasteiger partial charge < -0.3 is 57.6 Å². The Morgan fingerprint density at radius 1 is 0.286 bits per heavy atom. The maximum absolute atomic E-state index is 14.1. The van der Waals surface area contributed by atoms with Crippen molar-refractivity contribution < 1.29 is 57.6 Å². The standard InChI is InChI=1S/C86H74O12/c87-71-49-70-74(92-54-62-31-15-4-16-32-62)50-78(96-58-66-39-23-8-24-40-66)81(86(70)98-84(71)67-41-43-72(90-52-60-27-11-2-12-28-60)75(45-67)93-55-63-33-17-5-18-34-63)82-80-77(95-57-65-37-21-7-22-38-65)47-69(89-51-59-25-9-1-10-26-59)48-79(80)97-85(83(82)88)68-42-44-73(91-53-61-29-13-3-14-30-61)76(46-68)94-56-64-35-19-6-20-36-64/h1-48,50,71,82-85,87-88H,49,51-58H2/t71-,82+,83+,84-,85-/m1/s1. The highest BCUT2D eigenvalue weighted by atomic mass is 16.5. The van der Waals surface area contributed by atoms with Gasteiger partial charge in [0, 0.05) is 41.3 Å². The fourth-order valence-electron chi connectivity index (χ4n) is 12.4. The first kappa shape index (κ1) is 63.9. The molecule has 0 unspecified atom stereocenters. The van der Waals surface area contributed by atoms with Crippen molar-refractivity contribution in [3.63, 3.8) is 0 Å². The lowest BCUT2D eigenvalue weighted by molar-refractivity contribution is 0.000521. The van der Waals surface area contributed by atoms with Crippen LogP contribution in [-0.4, -0.2) is 22.4 Å². The van der Waals surface area contributed by atoms with Gasteiger partial charge in [-0.1, -0.05) is 255 Å². The molecule has 5 atom stereocenters. The van der Waals surface area contributed by atoms with Gasteiger partial charge in [-0.05, 0) is 79.9 Å². The Kier molecular flexibility index (Phi) is 20.2. The summed E-state index contributed by atoms with van der Waals surface area (Å²) in [7, 11) is 0. The molecule has 0 amide bonds. The molecule has 2 aliphatic heterocycles. The van der Waals surface area contributed by atoms with Crippen LogP contribution in [0.15, 0.2) is 297 Å². The molecule has 0 radical (unpaired) electrons. The summed E-state index contributed by atoms with van der Waals surface area (Å²) in [6.45, 7) is 1.75. The molecule has 12 nitrogen and oxygen atoms in total. The Bertz CT molecular complexity index is 4530. The fourth-order valence-corrected chi connectivity index (χ4v) is 12.4. The number of ether oxygens (including phenoxy) is 10. The molecule has 490 valence electrons. The second-order valence-electron chi connectivity index (χ2n) is 24.4. The molecule has 0 aromatic heterocycles. The van der Waals surface area contributed by atoms with E-state index in [1.54, 1.807) is 0 Å². The number of fused-ring (bicyclic) bond motifs is 2. The van der Waals surface area contributed by atoms with Gasteiger partial charge in [0.25, 0.3) is 0 Å². The molecule has 2 heterocycles. The van der Waals surface area contributed by atoms with Gasteiger partial charge >= 0.3 is 0 Å². The third-order valence-electron chi connectivity index (χ3n) is 17.5. The SMILES string of the molecule is O[C@H]1[C@H](c2c(OCc3ccccc3)cc(OCc3ccccc3)c3c2O[C@H](c2ccc(OCc4ccccc4)c(OCc4ccccc4)c2)[C@H](O)C3)c2c(OCc3ccccc3)cc(OCc3ccccc3)cc2O[C@@H]1c1ccc(OCc2ccccc2)c(OCc2ccccc2)c1. The molecule has 14 rings (SSSR count). The van der Waals surface area contributed by atoms with Crippen molar-refractivity contribution >= 4 is 0 Å². The fraction of sp³-hybridized carbons (Fsp3) is 0.163. The number of rotatable bonds is 27. The topological polar surface area (TPSA) is 133 Å². The second kappa shape index (κ2) is 31.0. The van der Waals surface area contributed by atoms with Crippen molar-refractivity contribution in [1.29, 1.82) is 0 Å². The lowest BCUT2D eigenvalue weighted by Crippen LogP contribution is -2.37. The first-order chi connectivity index (χ1) is 48.4. The summed E-state index contributed by atoms with van der Waals surface area (Å²) in [5.74, 6) is 3.21. The Hall–Kier alpha value is -11.4. The average Bonchev–Trinajstić information content (AvgIpc) is 0.724. The van der Waals surface area contributed by atoms with Crippen LogP contribution in [-0.2, 0) is 59.3 Å². The maximum atomic E-state index is 14.1. The summed E-state index contributed by atoms with van der Waals surface area (Å²) in [6, 6.07) is 96.4. The van der Waals surface area contributed by atoms with Gasteiger partial charge in [-0.2, -0.15) is 0 Å². The van der Waals surface area contributed by atoms with E-state index < -0.39 is 30.3 Å². The molecule has 0 saturated heterocycles. The van der Waals surface area contributed by atoms with Crippen molar-refractivity contribution in [1.82, 2.24) is 0 Å². The van der Waals surface area contributed by atoms with E-state index in [0.717, 1.165) is 44.5 Å². The summed E-state index contributed by atoms with van der Waals surface area (Å²) < 4.78 is 69.4. The Balaban J connectivity index is 0.954. The van der Waals surface area contributed by atoms with Gasteiger partial charge in [0.05, 0.1) is 12.0 Å². The molecular weight excluding hydrogens is 1220 g/mol. The highest BCUT2D eigenvalue weighted by Gasteiger charge is 2.47. The lowest BCUT2D eigenvalue weighted by Gasteiger charge is -2.41. The molecule has 98 heavy (non-hydrogen) atoms. The molecule has 2 aliphatic rings. The van der Waals surface area contributed by atoms with E-state index in [2.05, 4.69) is 0 Å². The van der Waals surface area contributed by atoms with E-state index in [0.29, 0.717) is 91.9 Å². The minimum absolute atomic E-state index is 0.0638. The van der Waals surface area contributed by atoms with Crippen LogP contribution in [0.4, 0.5) is 0 Å². The molecule has 0 aliphatic carbocycles. The van der Waals surface area contributed by atoms with Gasteiger partial charge in [-0.25, -0.2) is 0 Å².